The number of hydrogen-bond donors (Lipinski definition) is 2. The van der Waals surface area contributed by atoms with E-state index in [-0.39, 0.29) is 30.7 Å². The van der Waals surface area contributed by atoms with Gasteiger partial charge in [0, 0.05) is 30.9 Å². The lowest BCUT2D eigenvalue weighted by molar-refractivity contribution is -0.117. The van der Waals surface area contributed by atoms with Crippen molar-refractivity contribution in [2.75, 3.05) is 11.9 Å². The molecule has 3 rings (SSSR count). The van der Waals surface area contributed by atoms with E-state index in [1.54, 1.807) is 6.33 Å². The highest BCUT2D eigenvalue weighted by atomic mass is 35.5. The molecule has 2 aromatic carbocycles. The number of rotatable bonds is 10. The van der Waals surface area contributed by atoms with Crippen molar-refractivity contribution in [3.8, 4) is 5.75 Å². The van der Waals surface area contributed by atoms with Gasteiger partial charge in [-0.05, 0) is 24.1 Å². The quantitative estimate of drug-likeness (QED) is 0.433. The third-order valence-electron chi connectivity index (χ3n) is 4.53. The van der Waals surface area contributed by atoms with Crippen LogP contribution in [0.5, 0.6) is 5.75 Å². The second kappa shape index (κ2) is 13.7. The first-order valence-corrected chi connectivity index (χ1v) is 9.98. The molecule has 0 aliphatic carbocycles. The van der Waals surface area contributed by atoms with E-state index in [2.05, 4.69) is 29.4 Å². The van der Waals surface area contributed by atoms with Crippen LogP contribution in [0.25, 0.3) is 0 Å². The molecule has 0 unspecified atom stereocenters. The average Bonchev–Trinajstić information content (AvgIpc) is 3.16. The minimum atomic E-state index is -0.681. The van der Waals surface area contributed by atoms with Crippen molar-refractivity contribution in [3.05, 3.63) is 78.4 Å². The van der Waals surface area contributed by atoms with Gasteiger partial charge in [0.15, 0.2) is 0 Å². The number of unbranched alkanes of at least 4 members (excludes halogenated alkanes) is 1. The van der Waals surface area contributed by atoms with Crippen LogP contribution in [-0.4, -0.2) is 28.1 Å². The second-order valence-corrected chi connectivity index (χ2v) is 7.05. The monoisotopic (exact) mass is 464 g/mol. The fourth-order valence-corrected chi connectivity index (χ4v) is 2.94. The Balaban J connectivity index is 0.00000240. The molecular formula is C23H30Cl2N4O2. The van der Waals surface area contributed by atoms with Crippen molar-refractivity contribution in [2.24, 2.45) is 5.73 Å². The molecule has 0 saturated carbocycles. The molecule has 8 heteroatoms. The second-order valence-electron chi connectivity index (χ2n) is 7.05. The number of amides is 1. The molecule has 1 aromatic heterocycles. The molecule has 0 saturated heterocycles. The number of halogens is 2. The van der Waals surface area contributed by atoms with Gasteiger partial charge in [0.1, 0.15) is 5.75 Å². The summed E-state index contributed by atoms with van der Waals surface area (Å²) in [4.78, 5) is 16.9. The molecule has 3 N–H and O–H groups in total. The Morgan fingerprint density at radius 2 is 1.94 bits per heavy atom. The van der Waals surface area contributed by atoms with E-state index in [1.165, 1.54) is 5.56 Å². The summed E-state index contributed by atoms with van der Waals surface area (Å²) in [5.41, 5.74) is 8.76. The highest BCUT2D eigenvalue weighted by Gasteiger charge is 2.16. The summed E-state index contributed by atoms with van der Waals surface area (Å²) >= 11 is 0. The lowest BCUT2D eigenvalue weighted by Crippen LogP contribution is -2.37. The van der Waals surface area contributed by atoms with Crippen molar-refractivity contribution in [1.29, 1.82) is 0 Å². The third kappa shape index (κ3) is 8.61. The van der Waals surface area contributed by atoms with Crippen LogP contribution in [0, 0.1) is 0 Å². The zero-order valence-corrected chi connectivity index (χ0v) is 19.2. The van der Waals surface area contributed by atoms with Gasteiger partial charge in [-0.25, -0.2) is 4.98 Å². The number of nitrogens with one attached hydrogen (secondary N) is 1. The van der Waals surface area contributed by atoms with Gasteiger partial charge in [-0.1, -0.05) is 49.7 Å². The van der Waals surface area contributed by atoms with Crippen molar-refractivity contribution in [2.45, 2.75) is 38.8 Å². The van der Waals surface area contributed by atoms with Crippen molar-refractivity contribution >= 4 is 36.4 Å². The number of hydrogen-bond acceptors (Lipinski definition) is 4. The molecule has 0 aliphatic rings. The lowest BCUT2D eigenvalue weighted by Gasteiger charge is -2.12. The summed E-state index contributed by atoms with van der Waals surface area (Å²) < 4.78 is 7.67. The Bertz CT molecular complexity index is 919. The van der Waals surface area contributed by atoms with Gasteiger partial charge in [-0.3, -0.25) is 4.79 Å². The molecule has 31 heavy (non-hydrogen) atoms. The normalized spacial score (nSPS) is 11.0. The Kier molecular flexibility index (Phi) is 11.7. The molecule has 1 amide bonds. The van der Waals surface area contributed by atoms with Crippen LogP contribution in [0.2, 0.25) is 0 Å². The van der Waals surface area contributed by atoms with Crippen LogP contribution in [0.1, 0.15) is 31.0 Å². The first kappa shape index (κ1) is 26.5. The number of ether oxygens (including phenoxy) is 1. The average molecular weight is 465 g/mol. The van der Waals surface area contributed by atoms with Crippen molar-refractivity contribution < 1.29 is 9.53 Å². The van der Waals surface area contributed by atoms with Crippen LogP contribution in [-0.2, 0) is 17.8 Å². The zero-order valence-electron chi connectivity index (χ0n) is 17.6. The summed E-state index contributed by atoms with van der Waals surface area (Å²) in [5.74, 6) is 0.498. The van der Waals surface area contributed by atoms with Crippen LogP contribution in [0.15, 0.2) is 67.1 Å². The van der Waals surface area contributed by atoms with Gasteiger partial charge in [-0.2, -0.15) is 0 Å². The number of carbonyl (C=O) groups is 1. The van der Waals surface area contributed by atoms with Crippen molar-refractivity contribution in [1.82, 2.24) is 9.55 Å². The molecule has 0 aliphatic heterocycles. The van der Waals surface area contributed by atoms with E-state index >= 15 is 0 Å². The van der Waals surface area contributed by atoms with Gasteiger partial charge < -0.3 is 20.4 Å². The molecule has 1 atom stereocenters. The van der Waals surface area contributed by atoms with E-state index in [0.717, 1.165) is 30.8 Å². The number of carbonyl (C=O) groups excluding carboxylic acids is 1. The number of anilines is 1. The van der Waals surface area contributed by atoms with Crippen LogP contribution in [0.3, 0.4) is 0 Å². The van der Waals surface area contributed by atoms with Gasteiger partial charge >= 0.3 is 0 Å². The maximum absolute atomic E-state index is 12.5. The molecular weight excluding hydrogens is 435 g/mol. The molecule has 168 valence electrons. The van der Waals surface area contributed by atoms with E-state index in [4.69, 9.17) is 10.5 Å². The summed E-state index contributed by atoms with van der Waals surface area (Å²) in [5, 5.41) is 2.86. The van der Waals surface area contributed by atoms with Crippen LogP contribution >= 0.6 is 24.8 Å². The largest absolute Gasteiger partial charge is 0.494 e. The Labute approximate surface area is 196 Å². The van der Waals surface area contributed by atoms with Gasteiger partial charge in [0.05, 0.1) is 24.7 Å². The highest BCUT2D eigenvalue weighted by Crippen LogP contribution is 2.18. The zero-order chi connectivity index (χ0) is 20.5. The number of nitrogens with zero attached hydrogens (tertiary/aromatic N) is 2. The molecule has 0 bridgehead atoms. The number of nitrogens with two attached hydrogens (primary N) is 1. The van der Waals surface area contributed by atoms with E-state index in [0.29, 0.717) is 18.7 Å². The van der Waals surface area contributed by atoms with E-state index in [9.17, 15) is 4.79 Å². The summed E-state index contributed by atoms with van der Waals surface area (Å²) in [6.45, 7) is 3.52. The fourth-order valence-electron chi connectivity index (χ4n) is 2.94. The minimum absolute atomic E-state index is 0. The first-order chi connectivity index (χ1) is 14.1. The maximum Gasteiger partial charge on any atom is 0.241 e. The minimum Gasteiger partial charge on any atom is -0.494 e. The van der Waals surface area contributed by atoms with Gasteiger partial charge in [0.25, 0.3) is 0 Å². The third-order valence-corrected chi connectivity index (χ3v) is 4.53. The predicted octanol–water partition coefficient (Wildman–Crippen LogP) is 4.46. The van der Waals surface area contributed by atoms with Gasteiger partial charge in [0.2, 0.25) is 5.91 Å². The molecule has 0 fully saturated rings. The highest BCUT2D eigenvalue weighted by molar-refractivity contribution is 5.95. The molecule has 0 spiro atoms. The first-order valence-electron chi connectivity index (χ1n) is 9.98. The van der Waals surface area contributed by atoms with E-state index < -0.39 is 6.04 Å². The van der Waals surface area contributed by atoms with Crippen LogP contribution < -0.4 is 15.8 Å². The summed E-state index contributed by atoms with van der Waals surface area (Å²) in [7, 11) is 0. The molecule has 0 radical (unpaired) electrons. The SMILES string of the molecule is CCCCOc1cccc(NC(=O)[C@@H](N)Cc2cn(Cc3ccccc3)cn2)c1.Cl.Cl. The summed E-state index contributed by atoms with van der Waals surface area (Å²) in [6, 6.07) is 16.8. The predicted molar refractivity (Wildman–Crippen MR) is 129 cm³/mol. The fraction of sp³-hybridized carbons (Fsp3) is 0.304. The molecule has 1 heterocycles. The number of aromatic nitrogens is 2. The maximum atomic E-state index is 12.5. The number of imidazole rings is 1. The van der Waals surface area contributed by atoms with Crippen molar-refractivity contribution in [3.63, 3.8) is 0 Å². The lowest BCUT2D eigenvalue weighted by atomic mass is 10.1. The Hall–Kier alpha value is -2.54. The Morgan fingerprint density at radius 1 is 1.16 bits per heavy atom. The standard InChI is InChI=1S/C23H28N4O2.2ClH/c1-2-3-12-29-21-11-7-10-19(13-21)26-23(28)22(24)14-20-16-27(17-25-20)15-18-8-5-4-6-9-18;;/h4-11,13,16-17,22H,2-3,12,14-15,24H2,1H3,(H,26,28);2*1H/t22-;;/m0../s1. The smallest absolute Gasteiger partial charge is 0.241 e. The molecule has 6 nitrogen and oxygen atoms in total. The Morgan fingerprint density at radius 3 is 2.68 bits per heavy atom. The summed E-state index contributed by atoms with van der Waals surface area (Å²) in [6.07, 6.45) is 6.15. The van der Waals surface area contributed by atoms with Crippen LogP contribution in [0.4, 0.5) is 5.69 Å². The topological polar surface area (TPSA) is 82.2 Å². The van der Waals surface area contributed by atoms with E-state index in [1.807, 2.05) is 53.2 Å². The number of benzene rings is 2. The molecule has 3 aromatic rings. The van der Waals surface area contributed by atoms with Gasteiger partial charge in [-0.15, -0.1) is 24.8 Å².